The minimum atomic E-state index is -0.691. The van der Waals surface area contributed by atoms with E-state index in [1.54, 1.807) is 25.1 Å². The summed E-state index contributed by atoms with van der Waals surface area (Å²) in [6.07, 6.45) is 1.47. The van der Waals surface area contributed by atoms with Crippen molar-refractivity contribution in [2.24, 2.45) is 0 Å². The molecule has 0 spiro atoms. The normalized spacial score (nSPS) is 10.2. The number of aromatic nitrogens is 3. The standard InChI is InChI=1S/C20H15Cl2N7O3/c1-10-7-12(21)8-13(19(31)27-26-11(2)30)17(10)25-20(32)15-9-16(23-3)28-29(15)18-14(22)5-4-6-24-18/h4-9H,1-2H3,(H,25,32)(H,26,30)(H,27,31). The zero-order chi connectivity index (χ0) is 23.4. The lowest BCUT2D eigenvalue weighted by Crippen LogP contribution is -2.40. The first-order valence-corrected chi connectivity index (χ1v) is 9.73. The molecule has 162 valence electrons. The van der Waals surface area contributed by atoms with Crippen LogP contribution >= 0.6 is 23.2 Å². The van der Waals surface area contributed by atoms with Crippen molar-refractivity contribution in [2.75, 3.05) is 5.32 Å². The van der Waals surface area contributed by atoms with Crippen LogP contribution in [0.4, 0.5) is 11.5 Å². The summed E-state index contributed by atoms with van der Waals surface area (Å²) in [5.41, 5.74) is 5.05. The van der Waals surface area contributed by atoms with E-state index in [4.69, 9.17) is 29.8 Å². The molecule has 0 radical (unpaired) electrons. The number of hydrogen-bond acceptors (Lipinski definition) is 5. The molecule has 12 heteroatoms. The Kier molecular flexibility index (Phi) is 6.73. The number of aryl methyl sites for hydroxylation is 1. The second-order valence-corrected chi connectivity index (χ2v) is 7.30. The Morgan fingerprint density at radius 3 is 2.53 bits per heavy atom. The van der Waals surface area contributed by atoms with Crippen molar-refractivity contribution < 1.29 is 14.4 Å². The molecule has 0 atom stereocenters. The summed E-state index contributed by atoms with van der Waals surface area (Å²) < 4.78 is 1.15. The smallest absolute Gasteiger partial charge is 0.296 e. The lowest BCUT2D eigenvalue weighted by atomic mass is 10.1. The predicted molar refractivity (Wildman–Crippen MR) is 118 cm³/mol. The molecule has 0 saturated carbocycles. The third kappa shape index (κ3) is 4.85. The molecule has 0 saturated heterocycles. The highest BCUT2D eigenvalue weighted by molar-refractivity contribution is 6.32. The SMILES string of the molecule is [C-]#[N+]c1cc(C(=O)Nc2c(C)cc(Cl)cc2C(=O)NNC(C)=O)n(-c2ncccc2Cl)n1. The van der Waals surface area contributed by atoms with Gasteiger partial charge in [-0.1, -0.05) is 29.8 Å². The maximum Gasteiger partial charge on any atom is 0.296 e. The number of nitrogens with zero attached hydrogens (tertiary/aromatic N) is 4. The molecule has 3 N–H and O–H groups in total. The first-order valence-electron chi connectivity index (χ1n) is 8.98. The molecular weight excluding hydrogens is 457 g/mol. The number of nitrogens with one attached hydrogen (secondary N) is 3. The average Bonchev–Trinajstić information content (AvgIpc) is 3.18. The highest BCUT2D eigenvalue weighted by Crippen LogP contribution is 2.28. The summed E-state index contributed by atoms with van der Waals surface area (Å²) in [4.78, 5) is 44.2. The van der Waals surface area contributed by atoms with Crippen LogP contribution in [-0.2, 0) is 4.79 Å². The van der Waals surface area contributed by atoms with E-state index in [1.165, 1.54) is 25.3 Å². The number of hydrazine groups is 1. The van der Waals surface area contributed by atoms with Gasteiger partial charge in [0.25, 0.3) is 17.6 Å². The summed E-state index contributed by atoms with van der Waals surface area (Å²) in [7, 11) is 0. The first-order chi connectivity index (χ1) is 15.2. The van der Waals surface area contributed by atoms with Crippen molar-refractivity contribution in [1.29, 1.82) is 0 Å². The highest BCUT2D eigenvalue weighted by Gasteiger charge is 2.24. The number of anilines is 1. The highest BCUT2D eigenvalue weighted by atomic mass is 35.5. The molecule has 1 aromatic carbocycles. The van der Waals surface area contributed by atoms with Gasteiger partial charge >= 0.3 is 0 Å². The Hall–Kier alpha value is -3.94. The molecule has 0 unspecified atom stereocenters. The van der Waals surface area contributed by atoms with E-state index < -0.39 is 17.7 Å². The molecule has 0 aliphatic rings. The van der Waals surface area contributed by atoms with Crippen LogP contribution in [0.5, 0.6) is 0 Å². The van der Waals surface area contributed by atoms with Crippen molar-refractivity contribution in [3.8, 4) is 5.82 Å². The van der Waals surface area contributed by atoms with Gasteiger partial charge in [0.1, 0.15) is 5.69 Å². The number of carbonyl (C=O) groups is 3. The first kappa shape index (κ1) is 22.7. The van der Waals surface area contributed by atoms with Gasteiger partial charge in [0.2, 0.25) is 5.91 Å². The Labute approximate surface area is 192 Å². The van der Waals surface area contributed by atoms with Gasteiger partial charge in [-0.15, -0.1) is 4.68 Å². The van der Waals surface area contributed by atoms with Gasteiger partial charge < -0.3 is 10.2 Å². The van der Waals surface area contributed by atoms with E-state index >= 15 is 0 Å². The second kappa shape index (κ2) is 9.47. The van der Waals surface area contributed by atoms with Crippen LogP contribution < -0.4 is 16.2 Å². The van der Waals surface area contributed by atoms with Crippen LogP contribution in [0.25, 0.3) is 10.7 Å². The minimum absolute atomic E-state index is 0.0180. The number of pyridine rings is 1. The van der Waals surface area contributed by atoms with E-state index in [-0.39, 0.29) is 38.6 Å². The van der Waals surface area contributed by atoms with E-state index in [9.17, 15) is 14.4 Å². The molecule has 2 aromatic heterocycles. The van der Waals surface area contributed by atoms with Crippen molar-refractivity contribution >= 4 is 52.4 Å². The van der Waals surface area contributed by atoms with Crippen LogP contribution in [0.3, 0.4) is 0 Å². The molecule has 0 aliphatic carbocycles. The number of amides is 3. The maximum atomic E-state index is 13.1. The predicted octanol–water partition coefficient (Wildman–Crippen LogP) is 3.47. The Balaban J connectivity index is 2.03. The summed E-state index contributed by atoms with van der Waals surface area (Å²) >= 11 is 12.3. The summed E-state index contributed by atoms with van der Waals surface area (Å²) in [6, 6.07) is 7.36. The van der Waals surface area contributed by atoms with Crippen LogP contribution in [0, 0.1) is 13.5 Å². The van der Waals surface area contributed by atoms with Crippen molar-refractivity contribution in [2.45, 2.75) is 13.8 Å². The molecule has 2 heterocycles. The van der Waals surface area contributed by atoms with E-state index in [0.29, 0.717) is 5.56 Å². The largest absolute Gasteiger partial charge is 0.359 e. The number of halogens is 2. The molecule has 0 fully saturated rings. The Morgan fingerprint density at radius 1 is 1.12 bits per heavy atom. The molecular formula is C20H15Cl2N7O3. The summed E-state index contributed by atoms with van der Waals surface area (Å²) in [6.45, 7) is 10.1. The van der Waals surface area contributed by atoms with E-state index in [2.05, 4.69) is 31.1 Å². The number of carbonyl (C=O) groups excluding carboxylic acids is 3. The van der Waals surface area contributed by atoms with Gasteiger partial charge in [0.05, 0.1) is 16.3 Å². The van der Waals surface area contributed by atoms with Gasteiger partial charge in [-0.05, 0) is 47.9 Å². The fraction of sp³-hybridized carbons (Fsp3) is 0.100. The Bertz CT molecular complexity index is 1280. The molecule has 0 bridgehead atoms. The van der Waals surface area contributed by atoms with Gasteiger partial charge in [0.15, 0.2) is 5.82 Å². The monoisotopic (exact) mass is 471 g/mol. The summed E-state index contributed by atoms with van der Waals surface area (Å²) in [5, 5.41) is 7.20. The molecule has 3 amide bonds. The lowest BCUT2D eigenvalue weighted by Gasteiger charge is -2.15. The zero-order valence-electron chi connectivity index (χ0n) is 16.7. The van der Waals surface area contributed by atoms with E-state index in [1.807, 2.05) is 0 Å². The van der Waals surface area contributed by atoms with Gasteiger partial charge in [-0.25, -0.2) is 4.98 Å². The number of benzene rings is 1. The molecule has 0 aliphatic heterocycles. The summed E-state index contributed by atoms with van der Waals surface area (Å²) in [5.74, 6) is -1.73. The van der Waals surface area contributed by atoms with Gasteiger partial charge in [-0.2, -0.15) is 0 Å². The van der Waals surface area contributed by atoms with Crippen LogP contribution in [0.2, 0.25) is 10.0 Å². The lowest BCUT2D eigenvalue weighted by molar-refractivity contribution is -0.119. The molecule has 10 nitrogen and oxygen atoms in total. The second-order valence-electron chi connectivity index (χ2n) is 6.45. The topological polar surface area (TPSA) is 122 Å². The van der Waals surface area contributed by atoms with Crippen LogP contribution in [0.15, 0.2) is 36.5 Å². The zero-order valence-corrected chi connectivity index (χ0v) is 18.2. The van der Waals surface area contributed by atoms with E-state index in [0.717, 1.165) is 4.68 Å². The quantitative estimate of drug-likeness (QED) is 0.397. The third-order valence-electron chi connectivity index (χ3n) is 4.12. The van der Waals surface area contributed by atoms with Crippen molar-refractivity contribution in [3.63, 3.8) is 0 Å². The third-order valence-corrected chi connectivity index (χ3v) is 4.63. The van der Waals surface area contributed by atoms with Gasteiger partial charge in [0, 0.05) is 18.1 Å². The Morgan fingerprint density at radius 2 is 1.88 bits per heavy atom. The van der Waals surface area contributed by atoms with Crippen LogP contribution in [-0.4, -0.2) is 32.5 Å². The van der Waals surface area contributed by atoms with Gasteiger partial charge in [-0.3, -0.25) is 25.2 Å². The van der Waals surface area contributed by atoms with Crippen LogP contribution in [0.1, 0.15) is 33.3 Å². The molecule has 3 aromatic rings. The maximum absolute atomic E-state index is 13.1. The fourth-order valence-electron chi connectivity index (χ4n) is 2.76. The van der Waals surface area contributed by atoms with Crippen molar-refractivity contribution in [3.05, 3.63) is 74.8 Å². The van der Waals surface area contributed by atoms with Crippen molar-refractivity contribution in [1.82, 2.24) is 25.6 Å². The number of hydrogen-bond donors (Lipinski definition) is 3. The molecule has 3 rings (SSSR count). The molecule has 32 heavy (non-hydrogen) atoms. The minimum Gasteiger partial charge on any atom is -0.359 e. The fourth-order valence-corrected chi connectivity index (χ4v) is 3.23. The number of rotatable bonds is 4. The average molecular weight is 472 g/mol.